The van der Waals surface area contributed by atoms with E-state index in [1.165, 1.54) is 11.8 Å². The second kappa shape index (κ2) is 9.62. The molecule has 4 rings (SSSR count). The minimum atomic E-state index is -4.21. The molecule has 8 nitrogen and oxygen atoms in total. The lowest BCUT2D eigenvalue weighted by Gasteiger charge is -2.35. The standard InChI is InChI=1S/C20H25F2N3O5S2/c21-15-1-2-16(22)18(11-15)32(28,29)24-5-3-14(4-6-24)19(26)25-13-31-12-17(25)20(27)23-7-9-30-10-8-23/h1-2,11,14,17H,3-10,12-13H2/t17-/m1/s1. The third-order valence-electron chi connectivity index (χ3n) is 6.09. The largest absolute Gasteiger partial charge is 0.378 e. The van der Waals surface area contributed by atoms with Crippen molar-refractivity contribution in [3.05, 3.63) is 29.8 Å². The Bertz CT molecular complexity index is 979. The maximum absolute atomic E-state index is 14.0. The predicted octanol–water partition coefficient (Wildman–Crippen LogP) is 1.13. The Morgan fingerprint density at radius 2 is 1.72 bits per heavy atom. The molecule has 0 aromatic heterocycles. The normalized spacial score (nSPS) is 23.5. The number of halogens is 2. The zero-order valence-electron chi connectivity index (χ0n) is 17.4. The molecule has 1 aromatic rings. The molecule has 0 radical (unpaired) electrons. The van der Waals surface area contributed by atoms with E-state index in [4.69, 9.17) is 4.74 Å². The summed E-state index contributed by atoms with van der Waals surface area (Å²) in [5, 5.41) is 0. The Morgan fingerprint density at radius 3 is 2.41 bits per heavy atom. The molecule has 12 heteroatoms. The van der Waals surface area contributed by atoms with Gasteiger partial charge in [0.15, 0.2) is 0 Å². The smallest absolute Gasteiger partial charge is 0.246 e. The van der Waals surface area contributed by atoms with Crippen molar-refractivity contribution in [2.24, 2.45) is 5.92 Å². The van der Waals surface area contributed by atoms with Crippen LogP contribution in [-0.2, 0) is 24.3 Å². The van der Waals surface area contributed by atoms with Gasteiger partial charge in [0.2, 0.25) is 21.8 Å². The highest BCUT2D eigenvalue weighted by Gasteiger charge is 2.41. The minimum absolute atomic E-state index is 0.0255. The molecule has 32 heavy (non-hydrogen) atoms. The van der Waals surface area contributed by atoms with Gasteiger partial charge in [-0.15, -0.1) is 11.8 Å². The summed E-state index contributed by atoms with van der Waals surface area (Å²) < 4.78 is 59.4. The van der Waals surface area contributed by atoms with Crippen LogP contribution in [-0.4, -0.2) is 91.4 Å². The molecule has 3 aliphatic rings. The van der Waals surface area contributed by atoms with Crippen molar-refractivity contribution in [2.75, 3.05) is 51.0 Å². The number of carbonyl (C=O) groups is 2. The number of carbonyl (C=O) groups excluding carboxylic acids is 2. The molecule has 3 saturated heterocycles. The van der Waals surface area contributed by atoms with Crippen LogP contribution in [0.1, 0.15) is 12.8 Å². The molecule has 1 aromatic carbocycles. The Hall–Kier alpha value is -1.76. The fourth-order valence-electron chi connectivity index (χ4n) is 4.25. The van der Waals surface area contributed by atoms with Crippen molar-refractivity contribution in [2.45, 2.75) is 23.8 Å². The van der Waals surface area contributed by atoms with Gasteiger partial charge in [-0.3, -0.25) is 9.59 Å². The van der Waals surface area contributed by atoms with Gasteiger partial charge in [0.25, 0.3) is 0 Å². The molecule has 1 atom stereocenters. The highest BCUT2D eigenvalue weighted by molar-refractivity contribution is 7.99. The number of morpholine rings is 1. The second-order valence-corrected chi connectivity index (χ2v) is 10.9. The number of thioether (sulfide) groups is 1. The molecule has 0 bridgehead atoms. The van der Waals surface area contributed by atoms with Gasteiger partial charge in [-0.05, 0) is 31.0 Å². The molecule has 3 fully saturated rings. The maximum atomic E-state index is 14.0. The highest BCUT2D eigenvalue weighted by Crippen LogP contribution is 2.30. The minimum Gasteiger partial charge on any atom is -0.378 e. The van der Waals surface area contributed by atoms with Crippen LogP contribution < -0.4 is 0 Å². The van der Waals surface area contributed by atoms with Gasteiger partial charge in [0, 0.05) is 37.8 Å². The summed E-state index contributed by atoms with van der Waals surface area (Å²) in [6, 6.07) is 1.80. The van der Waals surface area contributed by atoms with Crippen LogP contribution in [0.2, 0.25) is 0 Å². The Balaban J connectivity index is 1.40. The van der Waals surface area contributed by atoms with Crippen molar-refractivity contribution < 1.29 is 31.5 Å². The summed E-state index contributed by atoms with van der Waals surface area (Å²) in [7, 11) is -4.21. The first kappa shape index (κ1) is 23.4. The van der Waals surface area contributed by atoms with E-state index in [0.29, 0.717) is 44.0 Å². The van der Waals surface area contributed by atoms with E-state index in [-0.39, 0.29) is 37.7 Å². The Morgan fingerprint density at radius 1 is 1.03 bits per heavy atom. The molecule has 0 unspecified atom stereocenters. The van der Waals surface area contributed by atoms with E-state index >= 15 is 0 Å². The molecule has 3 aliphatic heterocycles. The zero-order chi connectivity index (χ0) is 22.9. The van der Waals surface area contributed by atoms with Crippen LogP contribution >= 0.6 is 11.8 Å². The fraction of sp³-hybridized carbons (Fsp3) is 0.600. The molecule has 0 N–H and O–H groups in total. The topological polar surface area (TPSA) is 87.2 Å². The van der Waals surface area contributed by atoms with Gasteiger partial charge < -0.3 is 14.5 Å². The van der Waals surface area contributed by atoms with Gasteiger partial charge >= 0.3 is 0 Å². The number of rotatable bonds is 4. The molecular weight excluding hydrogens is 464 g/mol. The summed E-state index contributed by atoms with van der Waals surface area (Å²) in [4.78, 5) is 28.7. The third-order valence-corrected chi connectivity index (χ3v) is 9.01. The summed E-state index contributed by atoms with van der Waals surface area (Å²) in [5.74, 6) is -1.54. The zero-order valence-corrected chi connectivity index (χ0v) is 19.0. The molecule has 2 amide bonds. The van der Waals surface area contributed by atoms with Gasteiger partial charge in [0.05, 0.1) is 19.1 Å². The van der Waals surface area contributed by atoms with Crippen molar-refractivity contribution in [3.8, 4) is 0 Å². The lowest BCUT2D eigenvalue weighted by Crippen LogP contribution is -2.53. The molecule has 0 spiro atoms. The first-order valence-corrected chi connectivity index (χ1v) is 13.1. The van der Waals surface area contributed by atoms with Crippen LogP contribution in [0.5, 0.6) is 0 Å². The van der Waals surface area contributed by atoms with Crippen molar-refractivity contribution in [1.82, 2.24) is 14.1 Å². The van der Waals surface area contributed by atoms with Crippen LogP contribution in [0, 0.1) is 17.6 Å². The molecule has 176 valence electrons. The van der Waals surface area contributed by atoms with E-state index in [1.54, 1.807) is 9.80 Å². The molecule has 3 heterocycles. The number of benzene rings is 1. The van der Waals surface area contributed by atoms with Crippen molar-refractivity contribution >= 4 is 33.6 Å². The second-order valence-electron chi connectivity index (χ2n) is 8.01. The summed E-state index contributed by atoms with van der Waals surface area (Å²) in [6.45, 7) is 2.04. The van der Waals surface area contributed by atoms with E-state index in [0.717, 1.165) is 16.4 Å². The number of ether oxygens (including phenoxy) is 1. The summed E-state index contributed by atoms with van der Waals surface area (Å²) in [5.41, 5.74) is 0. The van der Waals surface area contributed by atoms with Crippen LogP contribution in [0.15, 0.2) is 23.1 Å². The third kappa shape index (κ3) is 4.63. The van der Waals surface area contributed by atoms with Crippen LogP contribution in [0.25, 0.3) is 0 Å². The Kier molecular flexibility index (Phi) is 7.03. The fourth-order valence-corrected chi connectivity index (χ4v) is 6.95. The number of sulfonamides is 1. The first-order chi connectivity index (χ1) is 15.3. The number of hydrogen-bond donors (Lipinski definition) is 0. The lowest BCUT2D eigenvalue weighted by molar-refractivity contribution is -0.148. The molecule has 0 aliphatic carbocycles. The number of hydrogen-bond acceptors (Lipinski definition) is 6. The summed E-state index contributed by atoms with van der Waals surface area (Å²) in [6.07, 6.45) is 0.517. The highest BCUT2D eigenvalue weighted by atomic mass is 32.2. The summed E-state index contributed by atoms with van der Waals surface area (Å²) >= 11 is 1.52. The first-order valence-electron chi connectivity index (χ1n) is 10.5. The lowest BCUT2D eigenvalue weighted by atomic mass is 9.96. The SMILES string of the molecule is O=C([C@H]1CSCN1C(=O)C1CCN(S(=O)(=O)c2cc(F)ccc2F)CC1)N1CCOCC1. The van der Waals surface area contributed by atoms with Gasteiger partial charge in [0.1, 0.15) is 22.6 Å². The van der Waals surface area contributed by atoms with Gasteiger partial charge in [-0.25, -0.2) is 17.2 Å². The van der Waals surface area contributed by atoms with Gasteiger partial charge in [-0.1, -0.05) is 0 Å². The number of nitrogens with zero attached hydrogens (tertiary/aromatic N) is 3. The number of piperidine rings is 1. The molecular formula is C20H25F2N3O5S2. The maximum Gasteiger partial charge on any atom is 0.246 e. The number of amides is 2. The average Bonchev–Trinajstić information content (AvgIpc) is 3.30. The van der Waals surface area contributed by atoms with E-state index < -0.39 is 38.5 Å². The van der Waals surface area contributed by atoms with E-state index in [1.807, 2.05) is 0 Å². The quantitative estimate of drug-likeness (QED) is 0.630. The monoisotopic (exact) mass is 489 g/mol. The van der Waals surface area contributed by atoms with E-state index in [9.17, 15) is 26.8 Å². The Labute approximate surface area is 189 Å². The van der Waals surface area contributed by atoms with Crippen LogP contribution in [0.3, 0.4) is 0 Å². The van der Waals surface area contributed by atoms with Crippen molar-refractivity contribution in [3.63, 3.8) is 0 Å². The average molecular weight is 490 g/mol. The predicted molar refractivity (Wildman–Crippen MR) is 113 cm³/mol. The van der Waals surface area contributed by atoms with Crippen molar-refractivity contribution in [1.29, 1.82) is 0 Å². The van der Waals surface area contributed by atoms with Gasteiger partial charge in [-0.2, -0.15) is 4.31 Å². The van der Waals surface area contributed by atoms with E-state index in [2.05, 4.69) is 0 Å². The van der Waals surface area contributed by atoms with Crippen LogP contribution in [0.4, 0.5) is 8.78 Å². The molecule has 0 saturated carbocycles.